The summed E-state index contributed by atoms with van der Waals surface area (Å²) in [4.78, 5) is 14.8. The number of halogens is 3. The lowest BCUT2D eigenvalue weighted by molar-refractivity contribution is -0.137. The highest BCUT2D eigenvalue weighted by Crippen LogP contribution is 2.37. The maximum absolute atomic E-state index is 12.9. The summed E-state index contributed by atoms with van der Waals surface area (Å²) in [6.07, 6.45) is 0.183. The Bertz CT molecular complexity index is 1270. The Labute approximate surface area is 211 Å². The highest BCUT2D eigenvalue weighted by molar-refractivity contribution is 7.93. The van der Waals surface area contributed by atoms with Gasteiger partial charge in [-0.05, 0) is 65.7 Å². The number of carbonyl (C=O) groups excluding carboxylic acids is 1. The zero-order chi connectivity index (χ0) is 26.0. The lowest BCUT2D eigenvalue weighted by Crippen LogP contribution is -2.04. The molecule has 4 aromatic rings. The molecule has 0 aliphatic carbocycles. The smallest absolute Gasteiger partial charge is 0.416 e. The van der Waals surface area contributed by atoms with E-state index in [0.717, 1.165) is 45.7 Å². The van der Waals surface area contributed by atoms with Gasteiger partial charge >= 0.3 is 6.18 Å². The van der Waals surface area contributed by atoms with Crippen molar-refractivity contribution in [2.24, 2.45) is 0 Å². The van der Waals surface area contributed by atoms with E-state index in [4.69, 9.17) is 9.29 Å². The van der Waals surface area contributed by atoms with E-state index in [0.29, 0.717) is 24.2 Å². The largest absolute Gasteiger partial charge is 0.457 e. The third kappa shape index (κ3) is 7.59. The topological polar surface area (TPSA) is 71.5 Å². The number of nitrogens with one attached hydrogen (secondary N) is 1. The first kappa shape index (κ1) is 26.8. The van der Waals surface area contributed by atoms with Gasteiger partial charge in [0.2, 0.25) is 0 Å². The normalized spacial score (nSPS) is 10.7. The second kappa shape index (κ2) is 12.8. The van der Waals surface area contributed by atoms with Crippen LogP contribution in [0.1, 0.15) is 11.1 Å². The second-order valence-corrected chi connectivity index (χ2v) is 8.08. The Morgan fingerprint density at radius 1 is 1.00 bits per heavy atom. The summed E-state index contributed by atoms with van der Waals surface area (Å²) in [5.41, 5.74) is 2.64. The minimum atomic E-state index is -4.42. The summed E-state index contributed by atoms with van der Waals surface area (Å²) in [7, 11) is 1.76. The molecule has 0 saturated heterocycles. The predicted molar refractivity (Wildman–Crippen MR) is 135 cm³/mol. The van der Waals surface area contributed by atoms with Crippen molar-refractivity contribution >= 4 is 24.0 Å². The first-order chi connectivity index (χ1) is 17.3. The van der Waals surface area contributed by atoms with E-state index in [9.17, 15) is 18.0 Å². The summed E-state index contributed by atoms with van der Waals surface area (Å²) < 4.78 is 53.1. The molecule has 0 amide bonds. The van der Waals surface area contributed by atoms with E-state index in [2.05, 4.69) is 10.3 Å². The van der Waals surface area contributed by atoms with Gasteiger partial charge in [0, 0.05) is 60.1 Å². The van der Waals surface area contributed by atoms with Gasteiger partial charge in [0.05, 0.1) is 5.56 Å². The number of aldehydes is 1. The highest BCUT2D eigenvalue weighted by atomic mass is 32.2. The number of carbonyl (C=O) groups is 1. The van der Waals surface area contributed by atoms with Gasteiger partial charge in [0.15, 0.2) is 0 Å². The molecule has 36 heavy (non-hydrogen) atoms. The molecule has 0 aliphatic heterocycles. The molecular weight excluding hydrogens is 489 g/mol. The lowest BCUT2D eigenvalue weighted by atomic mass is 10.1. The Kier molecular flexibility index (Phi) is 9.49. The number of rotatable bonds is 7. The maximum atomic E-state index is 12.9. The number of aromatic nitrogens is 1. The Morgan fingerprint density at radius 3 is 2.33 bits per heavy atom. The molecule has 0 bridgehead atoms. The van der Waals surface area contributed by atoms with Gasteiger partial charge in [0.25, 0.3) is 0 Å². The highest BCUT2D eigenvalue weighted by Gasteiger charge is 2.30. The Morgan fingerprint density at radius 2 is 1.72 bits per heavy atom. The van der Waals surface area contributed by atoms with Crippen molar-refractivity contribution in [2.45, 2.75) is 17.5 Å². The molecule has 9 heteroatoms. The summed E-state index contributed by atoms with van der Waals surface area (Å²) in [5, 5.41) is 3.00. The van der Waals surface area contributed by atoms with Crippen molar-refractivity contribution < 1.29 is 27.3 Å². The minimum Gasteiger partial charge on any atom is -0.457 e. The van der Waals surface area contributed by atoms with Crippen LogP contribution < -0.4 is 10.1 Å². The fourth-order valence-corrected chi connectivity index (χ4v) is 3.44. The number of alkyl halides is 3. The van der Waals surface area contributed by atoms with Crippen LogP contribution in [0.4, 0.5) is 18.9 Å². The zero-order valence-corrected chi connectivity index (χ0v) is 20.0. The van der Waals surface area contributed by atoms with Crippen LogP contribution in [0, 0.1) is 0 Å². The number of pyridine rings is 1. The molecule has 186 valence electrons. The van der Waals surface area contributed by atoms with E-state index in [1.165, 1.54) is 12.1 Å². The van der Waals surface area contributed by atoms with Gasteiger partial charge < -0.3 is 19.4 Å². The van der Waals surface area contributed by atoms with Gasteiger partial charge in [0.1, 0.15) is 17.8 Å². The van der Waals surface area contributed by atoms with Crippen LogP contribution in [-0.4, -0.2) is 22.9 Å². The second-order valence-electron chi connectivity index (χ2n) is 7.43. The standard InChI is InChI=1S/C19H15F3N2O.C8H8O2S/c1-23-15-5-6-17(13-7-9-24-10-8-13)18(12-15)25-16-4-2-3-14(11-16)19(20,21)22;9-6-5-7-1-3-8(11-10)4-2-7/h2-12,23H,1H3;1-4,6,10H,5H2. The molecule has 1 heterocycles. The van der Waals surface area contributed by atoms with Crippen molar-refractivity contribution in [3.8, 4) is 22.6 Å². The van der Waals surface area contributed by atoms with Gasteiger partial charge in [-0.15, -0.1) is 0 Å². The molecule has 0 aliphatic rings. The molecule has 0 radical (unpaired) electrons. The molecule has 5 nitrogen and oxygen atoms in total. The predicted octanol–water partition coefficient (Wildman–Crippen LogP) is 7.59. The number of hydrogen-bond acceptors (Lipinski definition) is 6. The summed E-state index contributed by atoms with van der Waals surface area (Å²) in [6, 6.07) is 21.1. The third-order valence-corrected chi connectivity index (χ3v) is 5.48. The van der Waals surface area contributed by atoms with Crippen LogP contribution in [0.25, 0.3) is 11.1 Å². The number of benzene rings is 3. The van der Waals surface area contributed by atoms with Crippen LogP contribution in [-0.2, 0) is 17.4 Å². The van der Waals surface area contributed by atoms with Crippen molar-refractivity contribution in [3.05, 3.63) is 102 Å². The van der Waals surface area contributed by atoms with E-state index in [-0.39, 0.29) is 5.75 Å². The van der Waals surface area contributed by atoms with E-state index in [1.54, 1.807) is 37.6 Å². The Hall–Kier alpha value is -3.82. The van der Waals surface area contributed by atoms with Crippen LogP contribution in [0.2, 0.25) is 0 Å². The van der Waals surface area contributed by atoms with Gasteiger partial charge in [-0.3, -0.25) is 4.98 Å². The maximum Gasteiger partial charge on any atom is 0.416 e. The first-order valence-electron chi connectivity index (χ1n) is 10.8. The van der Waals surface area contributed by atoms with Crippen LogP contribution in [0.5, 0.6) is 11.5 Å². The van der Waals surface area contributed by atoms with Crippen molar-refractivity contribution in [1.29, 1.82) is 0 Å². The van der Waals surface area contributed by atoms with E-state index < -0.39 is 11.7 Å². The molecule has 0 fully saturated rings. The van der Waals surface area contributed by atoms with Crippen molar-refractivity contribution in [1.82, 2.24) is 4.98 Å². The summed E-state index contributed by atoms with van der Waals surface area (Å²) >= 11 is 0.707. The van der Waals surface area contributed by atoms with Crippen LogP contribution in [0.3, 0.4) is 0 Å². The molecule has 0 spiro atoms. The molecule has 0 saturated carbocycles. The van der Waals surface area contributed by atoms with Crippen LogP contribution in [0.15, 0.2) is 96.2 Å². The number of hydrogen-bond donors (Lipinski definition) is 2. The minimum absolute atomic E-state index is 0.124. The van der Waals surface area contributed by atoms with E-state index >= 15 is 0 Å². The quantitative estimate of drug-likeness (QED) is 0.196. The zero-order valence-electron chi connectivity index (χ0n) is 19.2. The molecule has 2 N–H and O–H groups in total. The molecular formula is C27H23F3N2O3S. The summed E-state index contributed by atoms with van der Waals surface area (Å²) in [5.74, 6) is 0.579. The van der Waals surface area contributed by atoms with Gasteiger partial charge in [-0.25, -0.2) is 0 Å². The SMILES string of the molecule is CNc1ccc(-c2ccncc2)c(Oc2cccc(C(F)(F)F)c2)c1.O=CCc1ccc(SO)cc1. The van der Waals surface area contributed by atoms with Gasteiger partial charge in [-0.2, -0.15) is 13.2 Å². The molecule has 4 rings (SSSR count). The number of nitrogens with zero attached hydrogens (tertiary/aromatic N) is 1. The average Bonchev–Trinajstić information content (AvgIpc) is 2.90. The van der Waals surface area contributed by atoms with Crippen LogP contribution >= 0.6 is 12.0 Å². The fourth-order valence-electron chi connectivity index (χ4n) is 3.18. The molecule has 1 aromatic heterocycles. The van der Waals surface area contributed by atoms with Gasteiger partial charge in [-0.1, -0.05) is 18.2 Å². The molecule has 0 unspecified atom stereocenters. The number of ether oxygens (including phenoxy) is 1. The fraction of sp³-hybridized carbons (Fsp3) is 0.111. The third-order valence-electron chi connectivity index (χ3n) is 5.00. The van der Waals surface area contributed by atoms with Crippen molar-refractivity contribution in [3.63, 3.8) is 0 Å². The monoisotopic (exact) mass is 512 g/mol. The summed E-state index contributed by atoms with van der Waals surface area (Å²) in [6.45, 7) is 0. The Balaban J connectivity index is 0.000000275. The number of anilines is 1. The first-order valence-corrected chi connectivity index (χ1v) is 11.5. The van der Waals surface area contributed by atoms with Crippen molar-refractivity contribution in [2.75, 3.05) is 12.4 Å². The lowest BCUT2D eigenvalue weighted by Gasteiger charge is -2.14. The van der Waals surface area contributed by atoms with E-state index in [1.807, 2.05) is 36.4 Å². The molecule has 0 atom stereocenters. The average molecular weight is 513 g/mol. The molecule has 3 aromatic carbocycles.